The quantitative estimate of drug-likeness (QED) is 0.577. The molecule has 0 saturated carbocycles. The summed E-state index contributed by atoms with van der Waals surface area (Å²) in [4.78, 5) is 11.8. The van der Waals surface area contributed by atoms with Gasteiger partial charge in [-0.15, -0.1) is 5.53 Å². The maximum atomic E-state index is 9.57. The van der Waals surface area contributed by atoms with E-state index in [0.717, 1.165) is 17.2 Å². The van der Waals surface area contributed by atoms with Gasteiger partial charge in [-0.05, 0) is 59.7 Å². The van der Waals surface area contributed by atoms with Crippen LogP contribution < -0.4 is 25.8 Å². The van der Waals surface area contributed by atoms with E-state index in [9.17, 15) is 5.11 Å². The minimum absolute atomic E-state index is 0.0277. The minimum atomic E-state index is 0.0277. The molecule has 3 N–H and O–H groups in total. The van der Waals surface area contributed by atoms with Crippen LogP contribution in [0.2, 0.25) is 5.02 Å². The molecule has 2 heterocycles. The van der Waals surface area contributed by atoms with E-state index in [0.29, 0.717) is 23.3 Å². The number of fused-ring (bicyclic) bond motifs is 1. The van der Waals surface area contributed by atoms with Gasteiger partial charge < -0.3 is 15.3 Å². The number of aromatic nitrogens is 2. The molecule has 164 valence electrons. The molecule has 0 unspecified atom stereocenters. The molecule has 1 aromatic carbocycles. The van der Waals surface area contributed by atoms with Gasteiger partial charge in [0.2, 0.25) is 5.95 Å². The fraction of sp³-hybridized carbons (Fsp3) is 0.524. The van der Waals surface area contributed by atoms with Crippen LogP contribution in [0.4, 0.5) is 29.0 Å². The first-order chi connectivity index (χ1) is 14.2. The number of aliphatic hydroxyl groups is 1. The Labute approximate surface area is 183 Å². The van der Waals surface area contributed by atoms with Crippen molar-refractivity contribution < 1.29 is 5.11 Å². The van der Waals surface area contributed by atoms with Crippen molar-refractivity contribution in [2.24, 2.45) is 0 Å². The van der Waals surface area contributed by atoms with Crippen LogP contribution in [0.1, 0.15) is 41.5 Å². The van der Waals surface area contributed by atoms with Gasteiger partial charge in [0.15, 0.2) is 11.6 Å². The van der Waals surface area contributed by atoms with E-state index in [2.05, 4.69) is 57.4 Å². The number of nitrogens with one attached hydrogen (secondary N) is 2. The van der Waals surface area contributed by atoms with Crippen LogP contribution in [0.5, 0.6) is 0 Å². The van der Waals surface area contributed by atoms with Crippen molar-refractivity contribution >= 4 is 40.6 Å². The molecule has 2 aromatic rings. The molecule has 1 aliphatic rings. The highest BCUT2D eigenvalue weighted by atomic mass is 35.5. The molecule has 9 heteroatoms. The van der Waals surface area contributed by atoms with Gasteiger partial charge in [0, 0.05) is 35.4 Å². The van der Waals surface area contributed by atoms with Crippen molar-refractivity contribution in [3.63, 3.8) is 0 Å². The first-order valence-corrected chi connectivity index (χ1v) is 10.8. The molecule has 0 radical (unpaired) electrons. The Morgan fingerprint density at radius 3 is 2.37 bits per heavy atom. The van der Waals surface area contributed by atoms with Gasteiger partial charge in [0.05, 0.1) is 6.61 Å². The summed E-state index contributed by atoms with van der Waals surface area (Å²) in [6.45, 7) is 13.1. The summed E-state index contributed by atoms with van der Waals surface area (Å²) >= 11 is 6.20. The number of rotatable bonds is 8. The summed E-state index contributed by atoms with van der Waals surface area (Å²) in [6.07, 6.45) is 0. The van der Waals surface area contributed by atoms with Crippen LogP contribution in [0, 0.1) is 0 Å². The maximum absolute atomic E-state index is 9.57. The smallest absolute Gasteiger partial charge is 0.229 e. The molecule has 8 nitrogen and oxygen atoms in total. The number of hydrogen-bond acceptors (Lipinski definition) is 8. The van der Waals surface area contributed by atoms with E-state index in [1.807, 2.05) is 34.2 Å². The lowest BCUT2D eigenvalue weighted by Gasteiger charge is -2.28. The monoisotopic (exact) mass is 433 g/mol. The summed E-state index contributed by atoms with van der Waals surface area (Å²) in [6, 6.07) is 8.06. The second kappa shape index (κ2) is 9.24. The molecular formula is C21H32ClN7O. The summed E-state index contributed by atoms with van der Waals surface area (Å²) in [5.74, 6) is 2.06. The summed E-state index contributed by atoms with van der Waals surface area (Å²) < 4.78 is 0. The average molecular weight is 434 g/mol. The lowest BCUT2D eigenvalue weighted by Crippen LogP contribution is -2.50. The molecule has 1 aliphatic heterocycles. The molecule has 0 fully saturated rings. The minimum Gasteiger partial charge on any atom is -0.395 e. The molecular weight excluding hydrogens is 402 g/mol. The summed E-state index contributed by atoms with van der Waals surface area (Å²) in [7, 11) is 0. The number of benzene rings is 1. The van der Waals surface area contributed by atoms with E-state index in [4.69, 9.17) is 21.6 Å². The lowest BCUT2D eigenvalue weighted by molar-refractivity contribution is 0.298. The molecule has 0 spiro atoms. The highest BCUT2D eigenvalue weighted by Crippen LogP contribution is 2.42. The Morgan fingerprint density at radius 2 is 1.80 bits per heavy atom. The van der Waals surface area contributed by atoms with E-state index in [1.54, 1.807) is 0 Å². The normalized spacial score (nSPS) is 13.6. The van der Waals surface area contributed by atoms with Gasteiger partial charge in [-0.1, -0.05) is 17.7 Å². The molecule has 3 rings (SSSR count). The third-order valence-corrected chi connectivity index (χ3v) is 5.11. The third kappa shape index (κ3) is 4.55. The van der Waals surface area contributed by atoms with Crippen LogP contribution in [0.15, 0.2) is 24.3 Å². The zero-order valence-corrected chi connectivity index (χ0v) is 19.3. The van der Waals surface area contributed by atoms with E-state index < -0.39 is 0 Å². The van der Waals surface area contributed by atoms with Gasteiger partial charge >= 0.3 is 0 Å². The first-order valence-electron chi connectivity index (χ1n) is 10.4. The average Bonchev–Trinajstić information content (AvgIpc) is 3.06. The van der Waals surface area contributed by atoms with Crippen molar-refractivity contribution in [3.05, 3.63) is 29.3 Å². The van der Waals surface area contributed by atoms with Crippen molar-refractivity contribution in [1.82, 2.24) is 15.5 Å². The van der Waals surface area contributed by atoms with Crippen molar-refractivity contribution in [1.29, 1.82) is 0 Å². The molecule has 1 aromatic heterocycles. The van der Waals surface area contributed by atoms with Crippen LogP contribution >= 0.6 is 11.6 Å². The van der Waals surface area contributed by atoms with Gasteiger partial charge in [0.25, 0.3) is 0 Å². The van der Waals surface area contributed by atoms with E-state index >= 15 is 0 Å². The van der Waals surface area contributed by atoms with E-state index in [1.165, 1.54) is 0 Å². The second-order valence-electron chi connectivity index (χ2n) is 8.22. The predicted molar refractivity (Wildman–Crippen MR) is 125 cm³/mol. The number of halogens is 1. The lowest BCUT2D eigenvalue weighted by atomic mass is 10.2. The van der Waals surface area contributed by atoms with Gasteiger partial charge in [0.1, 0.15) is 5.69 Å². The van der Waals surface area contributed by atoms with Crippen LogP contribution in [0.3, 0.4) is 0 Å². The Morgan fingerprint density at radius 1 is 1.10 bits per heavy atom. The second-order valence-corrected chi connectivity index (χ2v) is 8.65. The third-order valence-electron chi connectivity index (χ3n) is 4.88. The summed E-state index contributed by atoms with van der Waals surface area (Å²) in [5, 5.41) is 17.8. The number of anilines is 5. The fourth-order valence-corrected chi connectivity index (χ4v) is 3.57. The zero-order chi connectivity index (χ0) is 22.0. The molecule has 0 atom stereocenters. The van der Waals surface area contributed by atoms with Gasteiger partial charge in [-0.3, -0.25) is 10.0 Å². The number of hydrazine groups is 2. The fourth-order valence-electron chi connectivity index (χ4n) is 3.38. The molecule has 30 heavy (non-hydrogen) atoms. The first kappa shape index (κ1) is 22.4. The zero-order valence-electron chi connectivity index (χ0n) is 18.5. The number of hydrogen-bond donors (Lipinski definition) is 3. The Balaban J connectivity index is 2.18. The standard InChI is InChI=1S/C21H32ClN7O/c1-13(2)27(10-11-30)21-24-19(23-17-9-7-8-16(22)12-17)18-20(25-21)29(15(5)6)26-28(18)14(3)4/h7-9,12-15,26,30H,10-11H2,1-6H3,(H,23,24,25). The van der Waals surface area contributed by atoms with Crippen LogP contribution in [0.25, 0.3) is 0 Å². The largest absolute Gasteiger partial charge is 0.395 e. The maximum Gasteiger partial charge on any atom is 0.229 e. The molecule has 0 aliphatic carbocycles. The van der Waals surface area contributed by atoms with Crippen molar-refractivity contribution in [3.8, 4) is 0 Å². The Bertz CT molecular complexity index is 874. The predicted octanol–water partition coefficient (Wildman–Crippen LogP) is 3.94. The Kier molecular flexibility index (Phi) is 6.90. The van der Waals surface area contributed by atoms with Crippen LogP contribution in [-0.4, -0.2) is 46.4 Å². The summed E-state index contributed by atoms with van der Waals surface area (Å²) in [5.41, 5.74) is 5.18. The SMILES string of the molecule is CC(C)N(CCO)c1nc(Nc2cccc(Cl)c2)c2c(n1)N(C(C)C)NN2C(C)C. The van der Waals surface area contributed by atoms with Crippen molar-refractivity contribution in [2.45, 2.75) is 59.7 Å². The van der Waals surface area contributed by atoms with Crippen LogP contribution in [-0.2, 0) is 0 Å². The molecule has 0 bridgehead atoms. The highest BCUT2D eigenvalue weighted by Gasteiger charge is 2.35. The topological polar surface area (TPSA) is 79.8 Å². The molecule has 0 saturated heterocycles. The van der Waals surface area contributed by atoms with Gasteiger partial charge in [-0.2, -0.15) is 9.97 Å². The number of aliphatic hydroxyl groups excluding tert-OH is 1. The Hall–Kier alpha value is -2.29. The van der Waals surface area contributed by atoms with E-state index in [-0.39, 0.29) is 24.7 Å². The molecule has 0 amide bonds. The van der Waals surface area contributed by atoms with Gasteiger partial charge in [-0.25, -0.2) is 0 Å². The number of nitrogens with zero attached hydrogens (tertiary/aromatic N) is 5. The van der Waals surface area contributed by atoms with Crippen molar-refractivity contribution in [2.75, 3.05) is 33.4 Å². The highest BCUT2D eigenvalue weighted by molar-refractivity contribution is 6.30.